The van der Waals surface area contributed by atoms with Crippen molar-refractivity contribution in [3.63, 3.8) is 0 Å². The van der Waals surface area contributed by atoms with Crippen LogP contribution >= 0.6 is 0 Å². The van der Waals surface area contributed by atoms with Crippen LogP contribution in [0.5, 0.6) is 0 Å². The molecule has 0 aromatic heterocycles. The van der Waals surface area contributed by atoms with Gasteiger partial charge in [-0.1, -0.05) is 55.9 Å². The molecule has 0 atom stereocenters. The summed E-state index contributed by atoms with van der Waals surface area (Å²) in [6, 6.07) is 4.58. The quantitative estimate of drug-likeness (QED) is 0.360. The molecule has 0 radical (unpaired) electrons. The van der Waals surface area contributed by atoms with Crippen molar-refractivity contribution in [1.82, 2.24) is 0 Å². The summed E-state index contributed by atoms with van der Waals surface area (Å²) < 4.78 is 0. The fraction of sp³-hybridized carbons (Fsp3) is 0.632. The van der Waals surface area contributed by atoms with E-state index >= 15 is 0 Å². The molecule has 1 rings (SSSR count). The second-order valence-corrected chi connectivity index (χ2v) is 5.20. The first kappa shape index (κ1) is 30.0. The summed E-state index contributed by atoms with van der Waals surface area (Å²) in [5.74, 6) is 0.833. The second kappa shape index (κ2) is 19.1. The molecular formula is C19H39N3O2. The van der Waals surface area contributed by atoms with Gasteiger partial charge in [0.25, 0.3) is 5.69 Å². The fourth-order valence-electron chi connectivity index (χ4n) is 1.22. The summed E-state index contributed by atoms with van der Waals surface area (Å²) in [5.41, 5.74) is 1.30. The van der Waals surface area contributed by atoms with Crippen LogP contribution in [0.25, 0.3) is 0 Å². The van der Waals surface area contributed by atoms with Gasteiger partial charge in [-0.2, -0.15) is 0 Å². The van der Waals surface area contributed by atoms with Crippen LogP contribution in [0.3, 0.4) is 0 Å². The minimum Gasteiger partial charge on any atom is -0.382 e. The van der Waals surface area contributed by atoms with Crippen molar-refractivity contribution in [2.45, 2.75) is 75.8 Å². The molecule has 0 unspecified atom stereocenters. The lowest BCUT2D eigenvalue weighted by molar-refractivity contribution is -0.384. The lowest BCUT2D eigenvalue weighted by Gasteiger charge is -2.11. The summed E-state index contributed by atoms with van der Waals surface area (Å²) in [5, 5.41) is 20.8. The molecule has 1 aromatic carbocycles. The van der Waals surface area contributed by atoms with Gasteiger partial charge in [0.2, 0.25) is 0 Å². The summed E-state index contributed by atoms with van der Waals surface area (Å²) in [6.07, 6.45) is 1.18. The molecule has 0 fully saturated rings. The average Bonchev–Trinajstić information content (AvgIpc) is 2.50. The maximum atomic E-state index is 10.6. The van der Waals surface area contributed by atoms with Gasteiger partial charge in [0.1, 0.15) is 0 Å². The molecule has 0 amide bonds. The first-order valence-corrected chi connectivity index (χ1v) is 8.33. The Hall–Kier alpha value is -1.91. The molecule has 24 heavy (non-hydrogen) atoms. The van der Waals surface area contributed by atoms with E-state index in [-0.39, 0.29) is 19.2 Å². The lowest BCUT2D eigenvalue weighted by Crippen LogP contribution is -2.11. The van der Waals surface area contributed by atoms with Crippen LogP contribution < -0.4 is 5.32 Å². The van der Waals surface area contributed by atoms with E-state index in [2.05, 4.69) is 26.1 Å². The van der Waals surface area contributed by atoms with Crippen LogP contribution in [0.4, 0.5) is 11.4 Å². The minimum atomic E-state index is -0.445. The standard InChI is InChI=1S/C10H13N3O2.C4H10.2C2H6.CH4/c1-7(2)12-10-5-9(13(14)15)4-3-8(10)6-11;1-4(2)3;2*1-2;/h3-7,11-12H,1-2H3;4H,1-3H3;2*1-2H3;1H4. The van der Waals surface area contributed by atoms with Crippen LogP contribution in [-0.4, -0.2) is 17.2 Å². The van der Waals surface area contributed by atoms with E-state index < -0.39 is 4.92 Å². The molecule has 0 aliphatic carbocycles. The van der Waals surface area contributed by atoms with E-state index in [1.165, 1.54) is 18.3 Å². The molecule has 2 N–H and O–H groups in total. The van der Waals surface area contributed by atoms with Gasteiger partial charge >= 0.3 is 0 Å². The number of hydrogen-bond donors (Lipinski definition) is 2. The number of nitrogens with one attached hydrogen (secondary N) is 2. The predicted octanol–water partition coefficient (Wildman–Crippen LogP) is 6.76. The number of benzene rings is 1. The Kier molecular flexibility index (Phi) is 23.9. The molecule has 0 bridgehead atoms. The molecular weight excluding hydrogens is 302 g/mol. The number of nitrogens with zero attached hydrogens (tertiary/aromatic N) is 1. The van der Waals surface area contributed by atoms with Gasteiger partial charge < -0.3 is 10.7 Å². The highest BCUT2D eigenvalue weighted by molar-refractivity contribution is 5.86. The highest BCUT2D eigenvalue weighted by atomic mass is 16.6. The predicted molar refractivity (Wildman–Crippen MR) is 110 cm³/mol. The summed E-state index contributed by atoms with van der Waals surface area (Å²) >= 11 is 0. The molecule has 0 heterocycles. The molecule has 0 aliphatic heterocycles. The smallest absolute Gasteiger partial charge is 0.271 e. The Bertz CT molecular complexity index is 428. The highest BCUT2D eigenvalue weighted by Crippen LogP contribution is 2.21. The molecule has 0 aliphatic rings. The van der Waals surface area contributed by atoms with Crippen LogP contribution in [0.15, 0.2) is 18.2 Å². The number of nitro groups is 1. The lowest BCUT2D eigenvalue weighted by atomic mass is 10.1. The van der Waals surface area contributed by atoms with Gasteiger partial charge in [0, 0.05) is 35.6 Å². The molecule has 142 valence electrons. The van der Waals surface area contributed by atoms with Gasteiger partial charge in [0.05, 0.1) is 4.92 Å². The highest BCUT2D eigenvalue weighted by Gasteiger charge is 2.09. The first-order valence-electron chi connectivity index (χ1n) is 8.33. The topological polar surface area (TPSA) is 79.0 Å². The van der Waals surface area contributed by atoms with E-state index in [1.807, 2.05) is 41.5 Å². The zero-order chi connectivity index (χ0) is 19.0. The SMILES string of the molecule is C.CC.CC.CC(C)C.CC(C)Nc1cc([N+](=O)[O-])ccc1C=N. The van der Waals surface area contributed by atoms with Crippen molar-refractivity contribution in [3.8, 4) is 0 Å². The van der Waals surface area contributed by atoms with Gasteiger partial charge in [-0.15, -0.1) is 0 Å². The van der Waals surface area contributed by atoms with Gasteiger partial charge in [-0.25, -0.2) is 0 Å². The number of rotatable bonds is 4. The third-order valence-corrected chi connectivity index (χ3v) is 1.85. The van der Waals surface area contributed by atoms with Crippen LogP contribution in [-0.2, 0) is 0 Å². The summed E-state index contributed by atoms with van der Waals surface area (Å²) in [6.45, 7) is 18.4. The Morgan fingerprint density at radius 1 is 1.08 bits per heavy atom. The molecule has 5 nitrogen and oxygen atoms in total. The zero-order valence-corrected chi connectivity index (χ0v) is 16.2. The van der Waals surface area contributed by atoms with Crippen molar-refractivity contribution in [1.29, 1.82) is 5.41 Å². The van der Waals surface area contributed by atoms with E-state index in [0.717, 1.165) is 5.92 Å². The largest absolute Gasteiger partial charge is 0.382 e. The number of hydrogen-bond acceptors (Lipinski definition) is 4. The fourth-order valence-corrected chi connectivity index (χ4v) is 1.22. The molecule has 0 saturated carbocycles. The summed E-state index contributed by atoms with van der Waals surface area (Å²) in [4.78, 5) is 10.1. The monoisotopic (exact) mass is 341 g/mol. The Morgan fingerprint density at radius 3 is 1.79 bits per heavy atom. The van der Waals surface area contributed by atoms with Crippen molar-refractivity contribution in [2.75, 3.05) is 5.32 Å². The molecule has 0 saturated heterocycles. The van der Waals surface area contributed by atoms with Crippen molar-refractivity contribution >= 4 is 17.6 Å². The number of non-ortho nitro benzene ring substituents is 1. The molecule has 5 heteroatoms. The molecule has 1 aromatic rings. The minimum absolute atomic E-state index is 0. The third kappa shape index (κ3) is 16.5. The van der Waals surface area contributed by atoms with Gasteiger partial charge in [-0.3, -0.25) is 10.1 Å². The summed E-state index contributed by atoms with van der Waals surface area (Å²) in [7, 11) is 0. The van der Waals surface area contributed by atoms with E-state index in [0.29, 0.717) is 11.3 Å². The number of anilines is 1. The average molecular weight is 342 g/mol. The van der Waals surface area contributed by atoms with Gasteiger partial charge in [0.15, 0.2) is 0 Å². The van der Waals surface area contributed by atoms with E-state index in [4.69, 9.17) is 5.41 Å². The number of nitro benzene ring substituents is 1. The first-order chi connectivity index (χ1) is 10.8. The third-order valence-electron chi connectivity index (χ3n) is 1.85. The second-order valence-electron chi connectivity index (χ2n) is 5.20. The Morgan fingerprint density at radius 2 is 1.50 bits per heavy atom. The normalized spacial score (nSPS) is 8.29. The van der Waals surface area contributed by atoms with Crippen LogP contribution in [0.1, 0.15) is 75.3 Å². The zero-order valence-electron chi connectivity index (χ0n) is 16.2. The molecule has 0 spiro atoms. The van der Waals surface area contributed by atoms with E-state index in [1.54, 1.807) is 6.07 Å². The Labute approximate surface area is 149 Å². The van der Waals surface area contributed by atoms with Gasteiger partial charge in [-0.05, 0) is 25.8 Å². The van der Waals surface area contributed by atoms with E-state index in [9.17, 15) is 10.1 Å². The maximum absolute atomic E-state index is 10.6. The Balaban J connectivity index is -0.000000191. The van der Waals surface area contributed by atoms with Crippen LogP contribution in [0.2, 0.25) is 0 Å². The van der Waals surface area contributed by atoms with Crippen molar-refractivity contribution in [2.24, 2.45) is 5.92 Å². The van der Waals surface area contributed by atoms with Crippen molar-refractivity contribution in [3.05, 3.63) is 33.9 Å². The maximum Gasteiger partial charge on any atom is 0.271 e. The van der Waals surface area contributed by atoms with Crippen molar-refractivity contribution < 1.29 is 4.92 Å². The van der Waals surface area contributed by atoms with Crippen LogP contribution in [0, 0.1) is 21.4 Å².